The average Bonchev–Trinajstić information content (AvgIpc) is 3.20. The van der Waals surface area contributed by atoms with E-state index < -0.39 is 0 Å². The second kappa shape index (κ2) is 9.09. The fraction of sp³-hybridized carbons (Fsp3) is 0.562. The summed E-state index contributed by atoms with van der Waals surface area (Å²) in [6, 6.07) is 0. The normalized spacial score (nSPS) is 20.1. The van der Waals surface area contributed by atoms with E-state index in [0.29, 0.717) is 30.8 Å². The number of nitrogens with zero attached hydrogens (tertiary/aromatic N) is 3. The van der Waals surface area contributed by atoms with Gasteiger partial charge in [-0.1, -0.05) is 13.8 Å². The number of nitrogens with one attached hydrogen (secondary N) is 2. The van der Waals surface area contributed by atoms with Gasteiger partial charge in [0.2, 0.25) is 18.3 Å². The number of imidazole rings is 1. The van der Waals surface area contributed by atoms with Crippen LogP contribution in [0.4, 0.5) is 5.82 Å². The van der Waals surface area contributed by atoms with Crippen molar-refractivity contribution in [3.63, 3.8) is 0 Å². The summed E-state index contributed by atoms with van der Waals surface area (Å²) >= 11 is 0. The molecule has 1 aromatic rings. The molecule has 0 aliphatic carbocycles. The summed E-state index contributed by atoms with van der Waals surface area (Å²) in [4.78, 5) is 41.6. The van der Waals surface area contributed by atoms with Gasteiger partial charge in [0, 0.05) is 5.92 Å². The van der Waals surface area contributed by atoms with Gasteiger partial charge in [-0.3, -0.25) is 29.6 Å². The molecule has 2 unspecified atom stereocenters. The molecule has 26 heavy (non-hydrogen) atoms. The molecule has 2 heterocycles. The standard InChI is InChI=1S/C16H23N5O5/c1-10(2)15(24)20-16(18-8-22)19-14-11(3)17-7-21(14)13-5-4-12(26-13)6-25-9-23/h7-10,12-13H,4-6H2,1-3H3,(H2,18,19,20,22,24). The Morgan fingerprint density at radius 3 is 2.92 bits per heavy atom. The molecule has 2 amide bonds. The summed E-state index contributed by atoms with van der Waals surface area (Å²) in [6.45, 7) is 5.81. The number of amides is 2. The van der Waals surface area contributed by atoms with E-state index in [0.717, 1.165) is 6.42 Å². The third-order valence-corrected chi connectivity index (χ3v) is 3.87. The van der Waals surface area contributed by atoms with E-state index in [1.54, 1.807) is 31.7 Å². The maximum absolute atomic E-state index is 11.9. The van der Waals surface area contributed by atoms with Crippen LogP contribution in [0.1, 0.15) is 38.6 Å². The number of ether oxygens (including phenoxy) is 2. The Hall–Kier alpha value is -2.75. The number of aliphatic imine (C=N–C) groups is 1. The Kier molecular flexibility index (Phi) is 6.84. The molecule has 0 spiro atoms. The number of rotatable bonds is 7. The number of aromatic nitrogens is 2. The predicted octanol–water partition coefficient (Wildman–Crippen LogP) is 0.548. The summed E-state index contributed by atoms with van der Waals surface area (Å²) in [5.41, 5.74) is 0.616. The number of carbonyl (C=O) groups is 3. The molecule has 10 nitrogen and oxygen atoms in total. The van der Waals surface area contributed by atoms with Crippen LogP contribution >= 0.6 is 0 Å². The van der Waals surface area contributed by atoms with Gasteiger partial charge >= 0.3 is 0 Å². The lowest BCUT2D eigenvalue weighted by Gasteiger charge is -2.16. The third-order valence-electron chi connectivity index (χ3n) is 3.87. The van der Waals surface area contributed by atoms with Crippen molar-refractivity contribution in [1.29, 1.82) is 0 Å². The number of hydrogen-bond acceptors (Lipinski definition) is 7. The summed E-state index contributed by atoms with van der Waals surface area (Å²) in [7, 11) is 0. The minimum Gasteiger partial charge on any atom is -0.465 e. The smallest absolute Gasteiger partial charge is 0.293 e. The van der Waals surface area contributed by atoms with Crippen LogP contribution in [0, 0.1) is 12.8 Å². The maximum atomic E-state index is 11.9. The van der Waals surface area contributed by atoms with E-state index in [4.69, 9.17) is 9.47 Å². The van der Waals surface area contributed by atoms with Crippen LogP contribution in [0.2, 0.25) is 0 Å². The molecule has 0 saturated carbocycles. The van der Waals surface area contributed by atoms with E-state index in [1.165, 1.54) is 0 Å². The SMILES string of the molecule is Cc1ncn(C2CCC(COC=O)O2)c1/N=C(\NC=O)NC(=O)C(C)C. The minimum atomic E-state index is -0.325. The van der Waals surface area contributed by atoms with Gasteiger partial charge in [0.15, 0.2) is 5.82 Å². The molecule has 1 saturated heterocycles. The van der Waals surface area contributed by atoms with Gasteiger partial charge in [-0.05, 0) is 19.8 Å². The Morgan fingerprint density at radius 1 is 1.50 bits per heavy atom. The largest absolute Gasteiger partial charge is 0.465 e. The van der Waals surface area contributed by atoms with Gasteiger partial charge in [-0.25, -0.2) is 4.98 Å². The number of hydrogen-bond donors (Lipinski definition) is 2. The van der Waals surface area contributed by atoms with Crippen molar-refractivity contribution in [3.8, 4) is 0 Å². The van der Waals surface area contributed by atoms with Gasteiger partial charge in [-0.15, -0.1) is 0 Å². The van der Waals surface area contributed by atoms with Crippen LogP contribution in [0.5, 0.6) is 0 Å². The van der Waals surface area contributed by atoms with Crippen LogP contribution in [0.3, 0.4) is 0 Å². The molecule has 0 radical (unpaired) electrons. The molecule has 0 bridgehead atoms. The molecule has 1 aliphatic heterocycles. The Morgan fingerprint density at radius 2 is 2.27 bits per heavy atom. The molecular formula is C16H23N5O5. The van der Waals surface area contributed by atoms with Crippen LogP contribution < -0.4 is 10.6 Å². The van der Waals surface area contributed by atoms with Crippen molar-refractivity contribution in [3.05, 3.63) is 12.0 Å². The number of guanidine groups is 1. The topological polar surface area (TPSA) is 124 Å². The maximum Gasteiger partial charge on any atom is 0.293 e. The monoisotopic (exact) mass is 365 g/mol. The molecule has 1 fully saturated rings. The summed E-state index contributed by atoms with van der Waals surface area (Å²) in [5.74, 6) is -0.0656. The Balaban J connectivity index is 2.21. The quantitative estimate of drug-likeness (QED) is 0.413. The number of carbonyl (C=O) groups excluding carboxylic acids is 3. The van der Waals surface area contributed by atoms with E-state index in [-0.39, 0.29) is 36.7 Å². The molecule has 2 rings (SSSR count). The molecule has 2 N–H and O–H groups in total. The van der Waals surface area contributed by atoms with Crippen LogP contribution in [-0.4, -0.2) is 47.0 Å². The van der Waals surface area contributed by atoms with Crippen molar-refractivity contribution in [2.24, 2.45) is 10.9 Å². The minimum absolute atomic E-state index is 0.0161. The highest BCUT2D eigenvalue weighted by atomic mass is 16.6. The van der Waals surface area contributed by atoms with Crippen molar-refractivity contribution in [2.45, 2.75) is 45.9 Å². The molecule has 10 heteroatoms. The molecular weight excluding hydrogens is 342 g/mol. The lowest BCUT2D eigenvalue weighted by Crippen LogP contribution is -2.42. The fourth-order valence-electron chi connectivity index (χ4n) is 2.48. The van der Waals surface area contributed by atoms with E-state index in [1.807, 2.05) is 0 Å². The summed E-state index contributed by atoms with van der Waals surface area (Å²) < 4.78 is 12.3. The number of aryl methyl sites for hydroxylation is 1. The predicted molar refractivity (Wildman–Crippen MR) is 91.4 cm³/mol. The first-order valence-corrected chi connectivity index (χ1v) is 8.30. The zero-order valence-electron chi connectivity index (χ0n) is 15.0. The molecule has 1 aliphatic rings. The highest BCUT2D eigenvalue weighted by molar-refractivity contribution is 6.02. The zero-order valence-corrected chi connectivity index (χ0v) is 15.0. The Labute approximate surface area is 151 Å². The van der Waals surface area contributed by atoms with Crippen LogP contribution in [0.25, 0.3) is 0 Å². The highest BCUT2D eigenvalue weighted by Crippen LogP contribution is 2.33. The lowest BCUT2D eigenvalue weighted by atomic mass is 10.2. The first kappa shape index (κ1) is 19.6. The van der Waals surface area contributed by atoms with Crippen molar-refractivity contribution in [2.75, 3.05) is 6.61 Å². The first-order valence-electron chi connectivity index (χ1n) is 8.30. The van der Waals surface area contributed by atoms with Gasteiger partial charge in [0.05, 0.1) is 18.1 Å². The molecule has 142 valence electrons. The van der Waals surface area contributed by atoms with E-state index in [9.17, 15) is 14.4 Å². The summed E-state index contributed by atoms with van der Waals surface area (Å²) in [6.07, 6.45) is 2.92. The van der Waals surface area contributed by atoms with Crippen molar-refractivity contribution >= 4 is 30.6 Å². The molecule has 1 aromatic heterocycles. The second-order valence-electron chi connectivity index (χ2n) is 6.15. The van der Waals surface area contributed by atoms with Crippen LogP contribution in [-0.2, 0) is 23.9 Å². The van der Waals surface area contributed by atoms with Gasteiger partial charge in [-0.2, -0.15) is 4.99 Å². The van der Waals surface area contributed by atoms with Crippen molar-refractivity contribution < 1.29 is 23.9 Å². The second-order valence-corrected chi connectivity index (χ2v) is 6.15. The van der Waals surface area contributed by atoms with Crippen LogP contribution in [0.15, 0.2) is 11.3 Å². The van der Waals surface area contributed by atoms with Crippen molar-refractivity contribution in [1.82, 2.24) is 20.2 Å². The fourth-order valence-corrected chi connectivity index (χ4v) is 2.48. The average molecular weight is 365 g/mol. The van der Waals surface area contributed by atoms with Gasteiger partial charge < -0.3 is 9.47 Å². The molecule has 2 atom stereocenters. The van der Waals surface area contributed by atoms with E-state index in [2.05, 4.69) is 20.6 Å². The van der Waals surface area contributed by atoms with Gasteiger partial charge in [0.25, 0.3) is 6.47 Å². The zero-order chi connectivity index (χ0) is 19.1. The lowest BCUT2D eigenvalue weighted by molar-refractivity contribution is -0.133. The Bertz CT molecular complexity index is 685. The first-order chi connectivity index (χ1) is 12.5. The van der Waals surface area contributed by atoms with Gasteiger partial charge in [0.1, 0.15) is 12.8 Å². The molecule has 0 aromatic carbocycles. The highest BCUT2D eigenvalue weighted by Gasteiger charge is 2.29. The summed E-state index contributed by atoms with van der Waals surface area (Å²) in [5, 5.41) is 4.95. The van der Waals surface area contributed by atoms with E-state index >= 15 is 0 Å². The third kappa shape index (κ3) is 4.88.